The summed E-state index contributed by atoms with van der Waals surface area (Å²) in [4.78, 5) is 0. The molecule has 0 N–H and O–H groups in total. The number of hydrogen-bond donors (Lipinski definition) is 0. The number of hydrogen-bond acceptors (Lipinski definition) is 0. The molecule has 8 aromatic carbocycles. The summed E-state index contributed by atoms with van der Waals surface area (Å²) in [7, 11) is -3.06. The van der Waals surface area contributed by atoms with Gasteiger partial charge in [-0.25, -0.2) is 0 Å². The van der Waals surface area contributed by atoms with Crippen LogP contribution in [0.5, 0.6) is 0 Å². The zero-order valence-electron chi connectivity index (χ0n) is 29.6. The second-order valence-electron chi connectivity index (χ2n) is 15.3. The van der Waals surface area contributed by atoms with E-state index < -0.39 is 8.07 Å². The van der Waals surface area contributed by atoms with Crippen LogP contribution in [-0.2, 0) is 36.7 Å². The molecular weight excluding hydrogens is 830 g/mol. The fourth-order valence-electron chi connectivity index (χ4n) is 8.36. The first kappa shape index (κ1) is 38.0. The first-order valence-electron chi connectivity index (χ1n) is 17.0. The molecule has 0 atom stereocenters. The van der Waals surface area contributed by atoms with Gasteiger partial charge in [-0.3, -0.25) is 0 Å². The van der Waals surface area contributed by atoms with Gasteiger partial charge in [0.25, 0.3) is 0 Å². The molecule has 0 radical (unpaired) electrons. The first-order valence-corrected chi connectivity index (χ1v) is 19.0. The van der Waals surface area contributed by atoms with Crippen LogP contribution < -0.4 is 45.6 Å². The van der Waals surface area contributed by atoms with Crippen molar-refractivity contribution in [1.82, 2.24) is 0 Å². The van der Waals surface area contributed by atoms with Crippen LogP contribution in [0, 0.1) is 0 Å². The third kappa shape index (κ3) is 5.87. The Morgan fingerprint density at radius 2 is 0.740 bits per heavy atom. The van der Waals surface area contributed by atoms with Crippen LogP contribution >= 0.6 is 0 Å². The third-order valence-electron chi connectivity index (χ3n) is 10.4. The largest absolute Gasteiger partial charge is 4.00 e. The van der Waals surface area contributed by atoms with Gasteiger partial charge in [0, 0.05) is 0 Å². The van der Waals surface area contributed by atoms with Gasteiger partial charge in [0.05, 0.1) is 0 Å². The molecular formula is C46H42Cl2HfSi. The van der Waals surface area contributed by atoms with Crippen molar-refractivity contribution >= 4 is 71.9 Å². The minimum atomic E-state index is -3.06. The first-order chi connectivity index (χ1) is 22.6. The van der Waals surface area contributed by atoms with Crippen molar-refractivity contribution in [3.05, 3.63) is 157 Å². The van der Waals surface area contributed by atoms with Crippen molar-refractivity contribution in [3.8, 4) is 0 Å². The fourth-order valence-corrected chi connectivity index (χ4v) is 14.4. The summed E-state index contributed by atoms with van der Waals surface area (Å²) in [5.74, 6) is 0. The molecule has 0 aliphatic rings. The molecule has 0 fully saturated rings. The topological polar surface area (TPSA) is 0 Å². The monoisotopic (exact) mass is 872 g/mol. The molecule has 50 heavy (non-hydrogen) atoms. The number of rotatable bonds is 4. The van der Waals surface area contributed by atoms with E-state index in [1.807, 2.05) is 0 Å². The van der Waals surface area contributed by atoms with Gasteiger partial charge in [0.2, 0.25) is 0 Å². The van der Waals surface area contributed by atoms with Gasteiger partial charge in [-0.1, -0.05) is 195 Å². The molecule has 0 nitrogen and oxygen atoms in total. The predicted molar refractivity (Wildman–Crippen MR) is 209 cm³/mol. The SMILES string of the molecule is CC(C)(C)c1ccc2c([cH-]c3ccccc32)c1[Si](c1ccccc1)(c1ccccc1)c1c(C(C)(C)C)ccc2c1[cH-]c1ccccc12.[Cl-].[Cl-].[Hf+4]. The van der Waals surface area contributed by atoms with Crippen molar-refractivity contribution in [2.45, 2.75) is 52.4 Å². The Balaban J connectivity index is 0.00000162. The Labute approximate surface area is 329 Å². The molecule has 8 aromatic rings. The molecule has 0 bridgehead atoms. The molecule has 4 heteroatoms. The van der Waals surface area contributed by atoms with Crippen molar-refractivity contribution in [2.75, 3.05) is 0 Å². The average Bonchev–Trinajstić information content (AvgIpc) is 3.64. The normalized spacial score (nSPS) is 12.1. The van der Waals surface area contributed by atoms with Crippen LogP contribution in [0.25, 0.3) is 43.1 Å². The summed E-state index contributed by atoms with van der Waals surface area (Å²) in [6, 6.07) is 55.8. The van der Waals surface area contributed by atoms with Gasteiger partial charge in [0.15, 0.2) is 0 Å². The summed E-state index contributed by atoms with van der Waals surface area (Å²) < 4.78 is 0. The number of halogens is 2. The molecule has 0 spiro atoms. The van der Waals surface area contributed by atoms with Crippen molar-refractivity contribution in [1.29, 1.82) is 0 Å². The zero-order chi connectivity index (χ0) is 32.6. The van der Waals surface area contributed by atoms with E-state index in [0.29, 0.717) is 0 Å². The quantitative estimate of drug-likeness (QED) is 0.144. The molecule has 0 saturated heterocycles. The fraction of sp³-hybridized carbons (Fsp3) is 0.174. The molecule has 248 valence electrons. The summed E-state index contributed by atoms with van der Waals surface area (Å²) >= 11 is 0. The molecule has 0 unspecified atom stereocenters. The standard InChI is InChI=1S/C46H42Si.2ClH.Hf/c1-45(2,3)41-27-25-37-35-23-15-13-17-31(35)29-39(37)43(41)47(33-19-9-7-10-20-33,34-21-11-8-12-22-34)44-40-30-32-18-14-16-24-36(32)38(40)26-28-42(44)46(4,5)6;;;/h7-30H,1-6H3;2*1H;/q-2;;;+4/p-2. The zero-order valence-corrected chi connectivity index (χ0v) is 35.7. The molecule has 0 saturated carbocycles. The maximum Gasteiger partial charge on any atom is 4.00 e. The average molecular weight is 872 g/mol. The minimum absolute atomic E-state index is 0. The smallest absolute Gasteiger partial charge is 1.00 e. The van der Waals surface area contributed by atoms with Crippen LogP contribution in [0.1, 0.15) is 52.7 Å². The summed E-state index contributed by atoms with van der Waals surface area (Å²) in [5.41, 5.74) is 2.71. The molecule has 0 aromatic heterocycles. The maximum atomic E-state index is 2.50. The van der Waals surface area contributed by atoms with Crippen molar-refractivity contribution < 1.29 is 50.7 Å². The Kier molecular flexibility index (Phi) is 10.7. The Morgan fingerprint density at radius 3 is 1.10 bits per heavy atom. The van der Waals surface area contributed by atoms with Crippen LogP contribution in [0.2, 0.25) is 0 Å². The van der Waals surface area contributed by atoms with E-state index in [9.17, 15) is 0 Å². The van der Waals surface area contributed by atoms with Crippen LogP contribution in [0.15, 0.2) is 146 Å². The predicted octanol–water partition coefficient (Wildman–Crippen LogP) is 3.72. The van der Waals surface area contributed by atoms with E-state index >= 15 is 0 Å². The summed E-state index contributed by atoms with van der Waals surface area (Å²) in [6.07, 6.45) is 0. The van der Waals surface area contributed by atoms with Gasteiger partial charge in [-0.05, 0) is 10.8 Å². The van der Waals surface area contributed by atoms with Gasteiger partial charge < -0.3 is 24.8 Å². The number of benzene rings is 6. The van der Waals surface area contributed by atoms with Gasteiger partial charge in [-0.2, -0.15) is 0 Å². The Bertz CT molecular complexity index is 2250. The molecule has 0 aliphatic heterocycles. The number of fused-ring (bicyclic) bond motifs is 6. The van der Waals surface area contributed by atoms with Crippen LogP contribution in [0.3, 0.4) is 0 Å². The Hall–Kier alpha value is -3.27. The third-order valence-corrected chi connectivity index (χ3v) is 15.3. The molecule has 0 aliphatic carbocycles. The van der Waals surface area contributed by atoms with Gasteiger partial charge in [0.1, 0.15) is 8.07 Å². The van der Waals surface area contributed by atoms with Crippen LogP contribution in [-0.4, -0.2) is 8.07 Å². The van der Waals surface area contributed by atoms with Crippen molar-refractivity contribution in [2.24, 2.45) is 0 Å². The maximum absolute atomic E-state index is 3.06. The minimum Gasteiger partial charge on any atom is -1.00 e. The second-order valence-corrected chi connectivity index (χ2v) is 19.0. The van der Waals surface area contributed by atoms with Crippen molar-refractivity contribution in [3.63, 3.8) is 0 Å². The van der Waals surface area contributed by atoms with E-state index in [1.54, 1.807) is 0 Å². The van der Waals surface area contributed by atoms with Gasteiger partial charge in [-0.15, -0.1) is 67.4 Å². The summed E-state index contributed by atoms with van der Waals surface area (Å²) in [5, 5.41) is 16.7. The van der Waals surface area contributed by atoms with E-state index in [4.69, 9.17) is 0 Å². The van der Waals surface area contributed by atoms with E-state index in [-0.39, 0.29) is 61.5 Å². The molecule has 0 heterocycles. The Morgan fingerprint density at radius 1 is 0.400 bits per heavy atom. The summed E-state index contributed by atoms with van der Waals surface area (Å²) in [6.45, 7) is 14.4. The van der Waals surface area contributed by atoms with E-state index in [0.717, 1.165) is 0 Å². The molecule has 8 rings (SSSR count). The van der Waals surface area contributed by atoms with Crippen LogP contribution in [0.4, 0.5) is 0 Å². The second kappa shape index (κ2) is 14.0. The molecule has 0 amide bonds. The van der Waals surface area contributed by atoms with Gasteiger partial charge >= 0.3 is 25.8 Å². The van der Waals surface area contributed by atoms with E-state index in [1.165, 1.54) is 75.0 Å². The van der Waals surface area contributed by atoms with E-state index in [2.05, 4.69) is 187 Å².